The Balaban J connectivity index is 1.77. The van der Waals surface area contributed by atoms with E-state index in [0.29, 0.717) is 0 Å². The molecule has 0 aliphatic carbocycles. The van der Waals surface area contributed by atoms with E-state index in [0.717, 1.165) is 24.8 Å². The molecule has 1 unspecified atom stereocenters. The maximum Gasteiger partial charge on any atom is 0.122 e. The summed E-state index contributed by atoms with van der Waals surface area (Å²) in [6, 6.07) is 6.34. The van der Waals surface area contributed by atoms with E-state index < -0.39 is 0 Å². The largest absolute Gasteiger partial charge is 0.494 e. The molecule has 1 heterocycles. The van der Waals surface area contributed by atoms with E-state index in [9.17, 15) is 0 Å². The van der Waals surface area contributed by atoms with Crippen molar-refractivity contribution in [2.24, 2.45) is 5.92 Å². The first-order valence-corrected chi connectivity index (χ1v) is 7.47. The summed E-state index contributed by atoms with van der Waals surface area (Å²) < 4.78 is 5.56. The predicted molar refractivity (Wildman–Crippen MR) is 81.0 cm³/mol. The van der Waals surface area contributed by atoms with Gasteiger partial charge in [-0.25, -0.2) is 0 Å². The minimum Gasteiger partial charge on any atom is -0.494 e. The average molecular weight is 262 g/mol. The lowest BCUT2D eigenvalue weighted by atomic mass is 9.96. The van der Waals surface area contributed by atoms with Crippen LogP contribution in [0.3, 0.4) is 0 Å². The van der Waals surface area contributed by atoms with Crippen LogP contribution in [0.5, 0.6) is 5.75 Å². The van der Waals surface area contributed by atoms with Crippen LogP contribution in [0, 0.1) is 12.8 Å². The number of hydrogen-bond donors (Lipinski definition) is 2. The van der Waals surface area contributed by atoms with Gasteiger partial charge in [-0.2, -0.15) is 0 Å². The van der Waals surface area contributed by atoms with Crippen molar-refractivity contribution in [3.63, 3.8) is 0 Å². The van der Waals surface area contributed by atoms with E-state index in [1.165, 1.54) is 43.6 Å². The monoisotopic (exact) mass is 262 g/mol. The van der Waals surface area contributed by atoms with Crippen LogP contribution >= 0.6 is 0 Å². The van der Waals surface area contributed by atoms with Gasteiger partial charge in [0.2, 0.25) is 0 Å². The van der Waals surface area contributed by atoms with Crippen molar-refractivity contribution in [1.29, 1.82) is 0 Å². The molecule has 19 heavy (non-hydrogen) atoms. The molecule has 1 saturated heterocycles. The predicted octanol–water partition coefficient (Wildman–Crippen LogP) is 3.20. The Morgan fingerprint density at radius 2 is 2.32 bits per heavy atom. The van der Waals surface area contributed by atoms with E-state index in [-0.39, 0.29) is 0 Å². The fourth-order valence-corrected chi connectivity index (χ4v) is 2.67. The van der Waals surface area contributed by atoms with Crippen molar-refractivity contribution < 1.29 is 4.74 Å². The van der Waals surface area contributed by atoms with Crippen LogP contribution in [0.4, 0.5) is 5.69 Å². The van der Waals surface area contributed by atoms with Crippen molar-refractivity contribution in [3.8, 4) is 5.75 Å². The summed E-state index contributed by atoms with van der Waals surface area (Å²) in [6.07, 6.45) is 3.95. The summed E-state index contributed by atoms with van der Waals surface area (Å²) in [6.45, 7) is 8.28. The summed E-state index contributed by atoms with van der Waals surface area (Å²) in [4.78, 5) is 0. The number of rotatable bonds is 6. The highest BCUT2D eigenvalue weighted by Gasteiger charge is 2.12. The SMILES string of the molecule is CCOc1ccc(NCCC2CCCNC2)cc1C. The molecule has 0 bridgehead atoms. The zero-order chi connectivity index (χ0) is 13.5. The van der Waals surface area contributed by atoms with Gasteiger partial charge in [0.25, 0.3) is 0 Å². The van der Waals surface area contributed by atoms with Gasteiger partial charge < -0.3 is 15.4 Å². The minimum absolute atomic E-state index is 0.724. The number of piperidine rings is 1. The Morgan fingerprint density at radius 1 is 1.42 bits per heavy atom. The minimum atomic E-state index is 0.724. The molecule has 1 aliphatic rings. The molecule has 2 N–H and O–H groups in total. The van der Waals surface area contributed by atoms with Crippen LogP contribution in [-0.4, -0.2) is 26.2 Å². The van der Waals surface area contributed by atoms with Gasteiger partial charge in [-0.15, -0.1) is 0 Å². The molecular formula is C16H26N2O. The van der Waals surface area contributed by atoms with Crippen molar-refractivity contribution in [1.82, 2.24) is 5.32 Å². The molecule has 1 aromatic carbocycles. The van der Waals surface area contributed by atoms with Gasteiger partial charge in [0, 0.05) is 12.2 Å². The number of ether oxygens (including phenoxy) is 1. The summed E-state index contributed by atoms with van der Waals surface area (Å²) in [7, 11) is 0. The van der Waals surface area contributed by atoms with Gasteiger partial charge in [0.15, 0.2) is 0 Å². The van der Waals surface area contributed by atoms with Crippen molar-refractivity contribution >= 4 is 5.69 Å². The molecule has 0 radical (unpaired) electrons. The first kappa shape index (κ1) is 14.2. The Morgan fingerprint density at radius 3 is 3.00 bits per heavy atom. The van der Waals surface area contributed by atoms with Gasteiger partial charge >= 0.3 is 0 Å². The molecular weight excluding hydrogens is 236 g/mol. The van der Waals surface area contributed by atoms with E-state index in [2.05, 4.69) is 35.8 Å². The lowest BCUT2D eigenvalue weighted by Gasteiger charge is -2.22. The Bertz CT molecular complexity index is 386. The van der Waals surface area contributed by atoms with Gasteiger partial charge in [-0.3, -0.25) is 0 Å². The molecule has 0 saturated carbocycles. The number of hydrogen-bond acceptors (Lipinski definition) is 3. The zero-order valence-electron chi connectivity index (χ0n) is 12.2. The molecule has 1 aliphatic heterocycles. The van der Waals surface area contributed by atoms with Crippen molar-refractivity contribution in [3.05, 3.63) is 23.8 Å². The van der Waals surface area contributed by atoms with Crippen LogP contribution in [0.1, 0.15) is 31.7 Å². The highest BCUT2D eigenvalue weighted by molar-refractivity contribution is 5.50. The first-order valence-electron chi connectivity index (χ1n) is 7.47. The molecule has 3 heteroatoms. The standard InChI is InChI=1S/C16H26N2O/c1-3-19-16-7-6-15(11-13(16)2)18-10-8-14-5-4-9-17-12-14/h6-7,11,14,17-18H,3-5,8-10,12H2,1-2H3. The van der Waals surface area contributed by atoms with Crippen LogP contribution in [0.15, 0.2) is 18.2 Å². The highest BCUT2D eigenvalue weighted by Crippen LogP contribution is 2.22. The quantitative estimate of drug-likeness (QED) is 0.826. The maximum atomic E-state index is 5.56. The topological polar surface area (TPSA) is 33.3 Å². The van der Waals surface area contributed by atoms with E-state index in [1.54, 1.807) is 0 Å². The molecule has 1 atom stereocenters. The van der Waals surface area contributed by atoms with Crippen LogP contribution < -0.4 is 15.4 Å². The van der Waals surface area contributed by atoms with Crippen LogP contribution in [-0.2, 0) is 0 Å². The molecule has 2 rings (SSSR count). The average Bonchev–Trinajstić information content (AvgIpc) is 2.43. The smallest absolute Gasteiger partial charge is 0.122 e. The van der Waals surface area contributed by atoms with Crippen molar-refractivity contribution in [2.45, 2.75) is 33.1 Å². The van der Waals surface area contributed by atoms with Crippen LogP contribution in [0.25, 0.3) is 0 Å². The Labute approximate surface area is 116 Å². The van der Waals surface area contributed by atoms with Gasteiger partial charge in [-0.1, -0.05) is 0 Å². The maximum absolute atomic E-state index is 5.56. The third-order valence-corrected chi connectivity index (χ3v) is 3.76. The normalized spacial score (nSPS) is 19.2. The lowest BCUT2D eigenvalue weighted by molar-refractivity contribution is 0.338. The summed E-state index contributed by atoms with van der Waals surface area (Å²) in [5.74, 6) is 1.83. The third-order valence-electron chi connectivity index (χ3n) is 3.76. The molecule has 0 aromatic heterocycles. The zero-order valence-corrected chi connectivity index (χ0v) is 12.2. The fraction of sp³-hybridized carbons (Fsp3) is 0.625. The molecule has 1 fully saturated rings. The number of benzene rings is 1. The Kier molecular flexibility index (Phi) is 5.52. The van der Waals surface area contributed by atoms with Gasteiger partial charge in [0.05, 0.1) is 6.61 Å². The first-order chi connectivity index (χ1) is 9.29. The van der Waals surface area contributed by atoms with Gasteiger partial charge in [-0.05, 0) is 75.9 Å². The number of nitrogens with one attached hydrogen (secondary N) is 2. The number of aryl methyl sites for hydroxylation is 1. The van der Waals surface area contributed by atoms with E-state index >= 15 is 0 Å². The molecule has 0 spiro atoms. The molecule has 1 aromatic rings. The summed E-state index contributed by atoms with van der Waals surface area (Å²) >= 11 is 0. The van der Waals surface area contributed by atoms with Gasteiger partial charge in [0.1, 0.15) is 5.75 Å². The highest BCUT2D eigenvalue weighted by atomic mass is 16.5. The summed E-state index contributed by atoms with van der Waals surface area (Å²) in [5, 5.41) is 6.99. The molecule has 106 valence electrons. The molecule has 3 nitrogen and oxygen atoms in total. The Hall–Kier alpha value is -1.22. The van der Waals surface area contributed by atoms with E-state index in [4.69, 9.17) is 4.74 Å². The van der Waals surface area contributed by atoms with Crippen LogP contribution in [0.2, 0.25) is 0 Å². The second kappa shape index (κ2) is 7.39. The number of anilines is 1. The second-order valence-electron chi connectivity index (χ2n) is 5.34. The fourth-order valence-electron chi connectivity index (χ4n) is 2.67. The van der Waals surface area contributed by atoms with Crippen molar-refractivity contribution in [2.75, 3.05) is 31.6 Å². The third kappa shape index (κ3) is 4.43. The lowest BCUT2D eigenvalue weighted by Crippen LogP contribution is -2.30. The second-order valence-corrected chi connectivity index (χ2v) is 5.34. The molecule has 0 amide bonds. The summed E-state index contributed by atoms with van der Waals surface area (Å²) in [5.41, 5.74) is 2.40. The van der Waals surface area contributed by atoms with E-state index in [1.807, 2.05) is 6.92 Å².